The molecule has 0 aliphatic carbocycles. The van der Waals surface area contributed by atoms with Crippen LogP contribution >= 0.6 is 23.1 Å². The minimum absolute atomic E-state index is 0.857. The number of hydrogen-bond donors (Lipinski definition) is 1. The summed E-state index contributed by atoms with van der Waals surface area (Å²) >= 11 is 3.45. The topological polar surface area (TPSA) is 37.8 Å². The van der Waals surface area contributed by atoms with E-state index in [0.29, 0.717) is 0 Å². The summed E-state index contributed by atoms with van der Waals surface area (Å²) in [6, 6.07) is 15.0. The average Bonchev–Trinajstić information content (AvgIpc) is 3.01. The van der Waals surface area contributed by atoms with Crippen molar-refractivity contribution in [3.05, 3.63) is 64.8 Å². The van der Waals surface area contributed by atoms with Crippen LogP contribution in [0, 0.1) is 20.8 Å². The summed E-state index contributed by atoms with van der Waals surface area (Å²) in [4.78, 5) is 12.6. The zero-order valence-electron chi connectivity index (χ0n) is 15.8. The van der Waals surface area contributed by atoms with Gasteiger partial charge >= 0.3 is 0 Å². The van der Waals surface area contributed by atoms with Crippen molar-refractivity contribution in [2.45, 2.75) is 25.7 Å². The number of nitrogens with one attached hydrogen (secondary N) is 1. The third-order valence-corrected chi connectivity index (χ3v) is 6.53. The molecule has 0 aliphatic rings. The molecule has 4 aromatic rings. The maximum atomic E-state index is 4.57. The van der Waals surface area contributed by atoms with E-state index in [1.807, 2.05) is 0 Å². The highest BCUT2D eigenvalue weighted by Crippen LogP contribution is 2.41. The van der Waals surface area contributed by atoms with Gasteiger partial charge in [-0.2, -0.15) is 0 Å². The van der Waals surface area contributed by atoms with E-state index in [1.54, 1.807) is 29.4 Å². The van der Waals surface area contributed by atoms with E-state index in [1.165, 1.54) is 32.0 Å². The Hall–Kier alpha value is -2.37. The molecular formula is C22H21N3S2. The normalized spacial score (nSPS) is 11.1. The minimum atomic E-state index is 0.857. The smallest absolute Gasteiger partial charge is 0.143 e. The molecule has 0 spiro atoms. The molecule has 0 fully saturated rings. The highest BCUT2D eigenvalue weighted by molar-refractivity contribution is 7.98. The predicted octanol–water partition coefficient (Wildman–Crippen LogP) is 6.75. The monoisotopic (exact) mass is 391 g/mol. The van der Waals surface area contributed by atoms with Crippen LogP contribution in [0.25, 0.3) is 21.3 Å². The van der Waals surface area contributed by atoms with Gasteiger partial charge in [-0.25, -0.2) is 9.97 Å². The molecule has 0 bridgehead atoms. The Balaban J connectivity index is 1.88. The predicted molar refractivity (Wildman–Crippen MR) is 119 cm³/mol. The summed E-state index contributed by atoms with van der Waals surface area (Å²) in [5.41, 5.74) is 6.08. The van der Waals surface area contributed by atoms with Gasteiger partial charge in [0.2, 0.25) is 0 Å². The summed E-state index contributed by atoms with van der Waals surface area (Å²) in [5, 5.41) is 4.61. The van der Waals surface area contributed by atoms with Crippen molar-refractivity contribution < 1.29 is 0 Å². The molecule has 27 heavy (non-hydrogen) atoms. The number of aromatic nitrogens is 2. The number of thiophene rings is 1. The van der Waals surface area contributed by atoms with E-state index in [4.69, 9.17) is 0 Å². The second-order valence-electron chi connectivity index (χ2n) is 6.59. The number of nitrogens with zero attached hydrogens (tertiary/aromatic N) is 2. The van der Waals surface area contributed by atoms with E-state index >= 15 is 0 Å². The van der Waals surface area contributed by atoms with Gasteiger partial charge in [0.05, 0.1) is 5.39 Å². The molecule has 4 rings (SSSR count). The highest BCUT2D eigenvalue weighted by Gasteiger charge is 2.17. The lowest BCUT2D eigenvalue weighted by Crippen LogP contribution is -1.96. The van der Waals surface area contributed by atoms with Gasteiger partial charge in [0.1, 0.15) is 17.0 Å². The first kappa shape index (κ1) is 18.0. The molecule has 1 N–H and O–H groups in total. The first-order valence-corrected chi connectivity index (χ1v) is 10.8. The van der Waals surface area contributed by atoms with Crippen molar-refractivity contribution in [3.63, 3.8) is 0 Å². The summed E-state index contributed by atoms with van der Waals surface area (Å²) < 4.78 is 0. The van der Waals surface area contributed by atoms with Crippen LogP contribution in [0.15, 0.2) is 53.7 Å². The largest absolute Gasteiger partial charge is 0.340 e. The van der Waals surface area contributed by atoms with Crippen molar-refractivity contribution >= 4 is 44.8 Å². The Bertz CT molecular complexity index is 1130. The quantitative estimate of drug-likeness (QED) is 0.391. The standard InChI is InChI=1S/C22H21N3S2/c1-13-8-9-16(10-14(13)2)19-15(3)27-22-20(19)21(23-12-24-22)25-17-6-5-7-18(11-17)26-4/h5-12H,1-4H3,(H,23,24,25). The zero-order chi connectivity index (χ0) is 19.0. The lowest BCUT2D eigenvalue weighted by atomic mass is 9.99. The molecular weight excluding hydrogens is 370 g/mol. The summed E-state index contributed by atoms with van der Waals surface area (Å²) in [6.07, 6.45) is 3.73. The molecule has 5 heteroatoms. The van der Waals surface area contributed by atoms with E-state index in [-0.39, 0.29) is 0 Å². The molecule has 0 saturated heterocycles. The molecule has 0 unspecified atom stereocenters. The van der Waals surface area contributed by atoms with E-state index in [0.717, 1.165) is 21.7 Å². The van der Waals surface area contributed by atoms with Gasteiger partial charge in [0.15, 0.2) is 0 Å². The first-order chi connectivity index (χ1) is 13.1. The fourth-order valence-electron chi connectivity index (χ4n) is 3.22. The van der Waals surface area contributed by atoms with Crippen molar-refractivity contribution in [2.75, 3.05) is 11.6 Å². The van der Waals surface area contributed by atoms with Gasteiger partial charge < -0.3 is 5.32 Å². The number of hydrogen-bond acceptors (Lipinski definition) is 5. The third kappa shape index (κ3) is 3.45. The van der Waals surface area contributed by atoms with Gasteiger partial charge in [-0.3, -0.25) is 0 Å². The number of anilines is 2. The molecule has 0 amide bonds. The van der Waals surface area contributed by atoms with E-state index in [9.17, 15) is 0 Å². The number of benzene rings is 2. The minimum Gasteiger partial charge on any atom is -0.340 e. The molecule has 2 aromatic heterocycles. The van der Waals surface area contributed by atoms with E-state index < -0.39 is 0 Å². The number of fused-ring (bicyclic) bond motifs is 1. The van der Waals surface area contributed by atoms with Crippen LogP contribution in [0.4, 0.5) is 11.5 Å². The maximum absolute atomic E-state index is 4.57. The molecule has 2 aromatic carbocycles. The van der Waals surface area contributed by atoms with Gasteiger partial charge in [-0.1, -0.05) is 24.3 Å². The Labute approximate surface area is 167 Å². The molecule has 0 atom stereocenters. The Morgan fingerprint density at radius 3 is 2.59 bits per heavy atom. The number of thioether (sulfide) groups is 1. The fraction of sp³-hybridized carbons (Fsp3) is 0.182. The molecule has 3 nitrogen and oxygen atoms in total. The second-order valence-corrected chi connectivity index (χ2v) is 8.67. The molecule has 0 radical (unpaired) electrons. The van der Waals surface area contributed by atoms with Crippen LogP contribution in [0.2, 0.25) is 0 Å². The number of aryl methyl sites for hydroxylation is 3. The van der Waals surface area contributed by atoms with Gasteiger partial charge in [0.25, 0.3) is 0 Å². The van der Waals surface area contributed by atoms with Crippen molar-refractivity contribution in [2.24, 2.45) is 0 Å². The molecule has 136 valence electrons. The second kappa shape index (κ2) is 7.33. The van der Waals surface area contributed by atoms with Crippen LogP contribution < -0.4 is 5.32 Å². The first-order valence-electron chi connectivity index (χ1n) is 8.79. The molecule has 0 aliphatic heterocycles. The molecule has 0 saturated carbocycles. The van der Waals surface area contributed by atoms with Crippen LogP contribution in [0.3, 0.4) is 0 Å². The molecule has 2 heterocycles. The van der Waals surface area contributed by atoms with Crippen molar-refractivity contribution in [1.82, 2.24) is 9.97 Å². The van der Waals surface area contributed by atoms with Crippen LogP contribution in [-0.2, 0) is 0 Å². The third-order valence-electron chi connectivity index (χ3n) is 4.79. The Kier molecular flexibility index (Phi) is 4.89. The van der Waals surface area contributed by atoms with Gasteiger partial charge in [0, 0.05) is 21.0 Å². The van der Waals surface area contributed by atoms with E-state index in [2.05, 4.69) is 84.8 Å². The SMILES string of the molecule is CSc1cccc(Nc2ncnc3sc(C)c(-c4ccc(C)c(C)c4)c23)c1. The Morgan fingerprint density at radius 1 is 0.963 bits per heavy atom. The van der Waals surface area contributed by atoms with Gasteiger partial charge in [-0.05, 0) is 61.9 Å². The average molecular weight is 392 g/mol. The highest BCUT2D eigenvalue weighted by atomic mass is 32.2. The van der Waals surface area contributed by atoms with Crippen molar-refractivity contribution in [3.8, 4) is 11.1 Å². The van der Waals surface area contributed by atoms with Crippen LogP contribution in [-0.4, -0.2) is 16.2 Å². The summed E-state index contributed by atoms with van der Waals surface area (Å²) in [6.45, 7) is 6.47. The Morgan fingerprint density at radius 2 is 1.81 bits per heavy atom. The van der Waals surface area contributed by atoms with Gasteiger partial charge in [-0.15, -0.1) is 23.1 Å². The van der Waals surface area contributed by atoms with Crippen molar-refractivity contribution in [1.29, 1.82) is 0 Å². The summed E-state index contributed by atoms with van der Waals surface area (Å²) in [7, 11) is 0. The lowest BCUT2D eigenvalue weighted by molar-refractivity contribution is 1.23. The lowest BCUT2D eigenvalue weighted by Gasteiger charge is -2.11. The van der Waals surface area contributed by atoms with Crippen LogP contribution in [0.1, 0.15) is 16.0 Å². The fourth-order valence-corrected chi connectivity index (χ4v) is 4.69. The number of rotatable bonds is 4. The zero-order valence-corrected chi connectivity index (χ0v) is 17.5. The maximum Gasteiger partial charge on any atom is 0.143 e. The van der Waals surface area contributed by atoms with Crippen LogP contribution in [0.5, 0.6) is 0 Å². The summed E-state index contributed by atoms with van der Waals surface area (Å²) in [5.74, 6) is 0.857.